The molecule has 32 heteroatoms. The molecule has 1 aliphatic rings. The number of imidazole rings is 3. The fraction of sp³-hybridized carbons (Fsp3) is 0.522. The molecular formula is C69H98N18O14. The molecule has 0 radical (unpaired) electrons. The highest BCUT2D eigenvalue weighted by Crippen LogP contribution is 2.22. The zero-order valence-electron chi connectivity index (χ0n) is 58.5. The average molecular weight is 1400 g/mol. The number of nitrogens with two attached hydrogens (primary N) is 1. The summed E-state index contributed by atoms with van der Waals surface area (Å²) in [7, 11) is 1.61. The van der Waals surface area contributed by atoms with Crippen molar-refractivity contribution >= 4 is 70.9 Å². The van der Waals surface area contributed by atoms with E-state index in [-0.39, 0.29) is 63.2 Å². The van der Waals surface area contributed by atoms with Gasteiger partial charge in [-0.1, -0.05) is 111 Å². The Morgan fingerprint density at radius 1 is 0.515 bits per heavy atom. The Balaban J connectivity index is 1.20. The molecule has 0 bridgehead atoms. The van der Waals surface area contributed by atoms with Gasteiger partial charge in [0.15, 0.2) is 0 Å². The minimum atomic E-state index is -1.73. The van der Waals surface area contributed by atoms with E-state index in [1.54, 1.807) is 98.0 Å². The topological polar surface area (TPSA) is 481 Å². The SMILES string of the molecule is CCC(C)C(NC(=O)C(Cc1ccc(O)cc1)NC)C(=O)NC(Cc1cnc[nH]1)C(=O)N1CCCC1C(=O)NC(Cc1ccccc1)C(=O)NC(Cc1cnc[nH]1)C(=O)NC(CC(C)C)C(=O)NC(C(=O)NC(C(=O)NC(Cc1cnc[nH]1)C(=O)NC(CC(N)=O)C(=O)O)C(C)CC)C(C)C. The van der Waals surface area contributed by atoms with Gasteiger partial charge in [-0.15, -0.1) is 0 Å². The Morgan fingerprint density at radius 2 is 0.931 bits per heavy atom. The molecule has 0 saturated carbocycles. The van der Waals surface area contributed by atoms with Crippen LogP contribution in [0, 0.1) is 23.7 Å². The Morgan fingerprint density at radius 3 is 1.40 bits per heavy atom. The third-order valence-corrected chi connectivity index (χ3v) is 17.8. The summed E-state index contributed by atoms with van der Waals surface area (Å²) in [6.45, 7) is 14.1. The van der Waals surface area contributed by atoms with Crippen molar-refractivity contribution in [2.45, 2.75) is 192 Å². The molecule has 13 atom stereocenters. The van der Waals surface area contributed by atoms with Crippen molar-refractivity contribution in [1.82, 2.24) is 88.0 Å². The van der Waals surface area contributed by atoms with Crippen molar-refractivity contribution < 1.29 is 67.7 Å². The van der Waals surface area contributed by atoms with Gasteiger partial charge in [0.05, 0.1) is 31.4 Å². The third kappa shape index (κ3) is 24.1. The van der Waals surface area contributed by atoms with E-state index in [0.717, 1.165) is 5.56 Å². The quantitative estimate of drug-likeness (QED) is 0.0241. The first kappa shape index (κ1) is 79.5. The number of carboxylic acids is 1. The number of hydrogen-bond acceptors (Lipinski definition) is 17. The maximum Gasteiger partial charge on any atom is 0.326 e. The van der Waals surface area contributed by atoms with Crippen LogP contribution < -0.4 is 58.9 Å². The summed E-state index contributed by atoms with van der Waals surface area (Å²) in [6.07, 6.45) is 8.72. The zero-order valence-corrected chi connectivity index (χ0v) is 58.5. The van der Waals surface area contributed by atoms with Gasteiger partial charge in [-0.2, -0.15) is 0 Å². The standard InChI is InChI=1S/C69H98N18O14/c1-10-39(7)57(85-59(90)47(71-9)25-42-19-21-46(88)22-20-42)67(98)82-52(29-45-33-74-36-77-45)68(99)87-23-15-18-54(87)64(95)80-49(26-41-16-13-12-14-17-41)60(91)79-50(27-43-31-72-34-75-43)61(92)78-48(24-37(3)4)63(94)84-56(38(5)6)65(96)86-58(40(8)11-2)66(97)81-51(28-44-32-73-35-76-44)62(93)83-53(69(100)101)30-55(70)89/h12-14,16-17,19-22,31-40,47-54,56-58,71,88H,10-11,15,18,23-30H2,1-9H3,(H2,70,89)(H,72,75)(H,73,76)(H,74,77)(H,78,92)(H,79,91)(H,80,95)(H,81,97)(H,82,98)(H,83,93)(H,84,94)(H,85,90)(H,86,96)(H,100,101). The van der Waals surface area contributed by atoms with Gasteiger partial charge < -0.3 is 89.0 Å². The first-order valence-corrected chi connectivity index (χ1v) is 34.0. The Labute approximate surface area is 586 Å². The maximum atomic E-state index is 15.0. The monoisotopic (exact) mass is 1400 g/mol. The first-order valence-electron chi connectivity index (χ1n) is 34.0. The maximum absolute atomic E-state index is 15.0. The number of H-pyrrole nitrogens is 3. The number of likely N-dealkylation sites (tertiary alicyclic amines) is 1. The molecule has 0 spiro atoms. The van der Waals surface area contributed by atoms with Gasteiger partial charge in [0.1, 0.15) is 66.2 Å². The number of nitrogens with zero attached hydrogens (tertiary/aromatic N) is 4. The van der Waals surface area contributed by atoms with Crippen molar-refractivity contribution in [3.63, 3.8) is 0 Å². The normalized spacial score (nSPS) is 16.4. The number of hydrogen-bond donors (Lipinski definition) is 16. The van der Waals surface area contributed by atoms with Crippen molar-refractivity contribution in [3.8, 4) is 5.75 Å². The van der Waals surface area contributed by atoms with Gasteiger partial charge in [0.25, 0.3) is 0 Å². The smallest absolute Gasteiger partial charge is 0.326 e. The molecule has 13 unspecified atom stereocenters. The molecule has 0 aliphatic carbocycles. The predicted molar refractivity (Wildman–Crippen MR) is 368 cm³/mol. The Bertz CT molecular complexity index is 3560. The van der Waals surface area contributed by atoms with Crippen LogP contribution in [0.1, 0.15) is 122 Å². The number of rotatable bonds is 40. The summed E-state index contributed by atoms with van der Waals surface area (Å²) in [5.74, 6) is -11.9. The molecule has 32 nitrogen and oxygen atoms in total. The van der Waals surface area contributed by atoms with Crippen LogP contribution in [0.5, 0.6) is 5.75 Å². The van der Waals surface area contributed by atoms with Gasteiger partial charge >= 0.3 is 5.97 Å². The van der Waals surface area contributed by atoms with E-state index < -0.39 is 162 Å². The van der Waals surface area contributed by atoms with E-state index >= 15 is 4.79 Å². The lowest BCUT2D eigenvalue weighted by atomic mass is 9.95. The fourth-order valence-electron chi connectivity index (χ4n) is 11.6. The van der Waals surface area contributed by atoms with Crippen molar-refractivity contribution in [1.29, 1.82) is 0 Å². The lowest BCUT2D eigenvalue weighted by molar-refractivity contribution is -0.143. The number of phenolic OH excluding ortho intramolecular Hbond substituents is 1. The number of benzene rings is 2. The van der Waals surface area contributed by atoms with Gasteiger partial charge in [-0.05, 0) is 79.7 Å². The third-order valence-electron chi connectivity index (χ3n) is 17.8. The summed E-state index contributed by atoms with van der Waals surface area (Å²) in [6, 6.07) is 0.836. The highest BCUT2D eigenvalue weighted by atomic mass is 16.4. The van der Waals surface area contributed by atoms with E-state index in [4.69, 9.17) is 5.73 Å². The number of carbonyl (C=O) groups is 12. The molecule has 1 fully saturated rings. The molecule has 5 aromatic rings. The van der Waals surface area contributed by atoms with Crippen molar-refractivity contribution in [2.75, 3.05) is 13.6 Å². The number of likely N-dealkylation sites (N-methyl/N-ethyl adjacent to an activating group) is 1. The summed E-state index contributed by atoms with van der Waals surface area (Å²) in [4.78, 5) is 191. The number of aliphatic carboxylic acids is 1. The van der Waals surface area contributed by atoms with Crippen LogP contribution in [0.4, 0.5) is 0 Å². The molecule has 4 heterocycles. The second-order valence-corrected chi connectivity index (χ2v) is 26.4. The van der Waals surface area contributed by atoms with Crippen LogP contribution in [-0.4, -0.2) is 196 Å². The summed E-state index contributed by atoms with van der Waals surface area (Å²) < 4.78 is 0. The van der Waals surface area contributed by atoms with Gasteiger partial charge in [0.2, 0.25) is 65.0 Å². The molecular weight excluding hydrogens is 1300 g/mol. The predicted octanol–water partition coefficient (Wildman–Crippen LogP) is -0.229. The Hall–Kier alpha value is -10.5. The molecule has 11 amide bonds. The second-order valence-electron chi connectivity index (χ2n) is 26.4. The number of phenols is 1. The van der Waals surface area contributed by atoms with Gasteiger partial charge in [-0.25, -0.2) is 19.7 Å². The molecule has 17 N–H and O–H groups in total. The number of aromatic hydroxyl groups is 1. The number of aromatic amines is 3. The summed E-state index contributed by atoms with van der Waals surface area (Å²) in [5.41, 5.74) is 7.88. The number of primary amides is 1. The number of aromatic nitrogens is 6. The largest absolute Gasteiger partial charge is 0.508 e. The second kappa shape index (κ2) is 38.7. The number of carboxylic acid groups (broad SMARTS) is 1. The molecule has 1 saturated heterocycles. The fourth-order valence-corrected chi connectivity index (χ4v) is 11.6. The lowest BCUT2D eigenvalue weighted by Crippen LogP contribution is -2.62. The molecule has 2 aromatic carbocycles. The summed E-state index contributed by atoms with van der Waals surface area (Å²) in [5, 5.41) is 47.1. The van der Waals surface area contributed by atoms with E-state index in [1.165, 1.54) is 54.6 Å². The van der Waals surface area contributed by atoms with Crippen LogP contribution in [0.15, 0.2) is 92.2 Å². The minimum Gasteiger partial charge on any atom is -0.508 e. The van der Waals surface area contributed by atoms with E-state index in [0.29, 0.717) is 41.9 Å². The van der Waals surface area contributed by atoms with E-state index in [1.807, 2.05) is 6.92 Å². The molecule has 1 aliphatic heterocycles. The highest BCUT2D eigenvalue weighted by molar-refractivity contribution is 6.00. The molecule has 101 heavy (non-hydrogen) atoms. The minimum absolute atomic E-state index is 0.0272. The number of amides is 11. The van der Waals surface area contributed by atoms with Crippen LogP contribution in [0.3, 0.4) is 0 Å². The van der Waals surface area contributed by atoms with Crippen LogP contribution >= 0.6 is 0 Å². The van der Waals surface area contributed by atoms with Gasteiger partial charge in [0, 0.05) is 67.9 Å². The zero-order chi connectivity index (χ0) is 74.0. The van der Waals surface area contributed by atoms with Crippen LogP contribution in [0.25, 0.3) is 0 Å². The highest BCUT2D eigenvalue weighted by Gasteiger charge is 2.42. The van der Waals surface area contributed by atoms with Crippen LogP contribution in [-0.2, 0) is 89.6 Å². The van der Waals surface area contributed by atoms with Crippen molar-refractivity contribution in [3.05, 3.63) is 120 Å². The summed E-state index contributed by atoms with van der Waals surface area (Å²) >= 11 is 0. The number of carbonyl (C=O) groups excluding carboxylic acids is 11. The average Bonchev–Trinajstić information content (AvgIpc) is 1.78. The Kier molecular flexibility index (Phi) is 30.5. The van der Waals surface area contributed by atoms with E-state index in [2.05, 4.69) is 83.1 Å². The van der Waals surface area contributed by atoms with Crippen molar-refractivity contribution in [2.24, 2.45) is 29.4 Å². The van der Waals surface area contributed by atoms with Crippen LogP contribution in [0.2, 0.25) is 0 Å². The molecule has 548 valence electrons. The lowest BCUT2D eigenvalue weighted by Gasteiger charge is -2.32. The van der Waals surface area contributed by atoms with Gasteiger partial charge in [-0.3, -0.25) is 52.7 Å². The molecule has 6 rings (SSSR count). The first-order chi connectivity index (χ1) is 48.1. The van der Waals surface area contributed by atoms with E-state index in [9.17, 15) is 63.0 Å². The molecule has 3 aromatic heterocycles. The number of nitrogens with one attached hydrogen (secondary N) is 13.